The molecular formula is C23H28N4O2. The van der Waals surface area contributed by atoms with E-state index in [4.69, 9.17) is 5.73 Å². The molecule has 1 aliphatic heterocycles. The second-order valence-corrected chi connectivity index (χ2v) is 8.36. The molecule has 6 heteroatoms. The summed E-state index contributed by atoms with van der Waals surface area (Å²) >= 11 is 0. The number of rotatable bonds is 6. The minimum absolute atomic E-state index is 0.0815. The van der Waals surface area contributed by atoms with Crippen LogP contribution < -0.4 is 11.1 Å². The van der Waals surface area contributed by atoms with Gasteiger partial charge in [0.15, 0.2) is 0 Å². The first-order chi connectivity index (χ1) is 14.0. The topological polar surface area (TPSA) is 88.3 Å². The molecule has 6 nitrogen and oxygen atoms in total. The summed E-state index contributed by atoms with van der Waals surface area (Å²) in [6.45, 7) is 2.02. The number of pyridine rings is 1. The number of carbonyl (C=O) groups excluding carboxylic acids is 2. The number of nitrogens with zero attached hydrogens (tertiary/aromatic N) is 2. The predicted molar refractivity (Wildman–Crippen MR) is 111 cm³/mol. The highest BCUT2D eigenvalue weighted by Gasteiger charge is 2.44. The molecule has 2 aliphatic rings. The summed E-state index contributed by atoms with van der Waals surface area (Å²) in [5.41, 5.74) is 8.41. The van der Waals surface area contributed by atoms with Crippen molar-refractivity contribution in [1.82, 2.24) is 15.2 Å². The average Bonchev–Trinajstić information content (AvgIpc) is 3.19. The third-order valence-corrected chi connectivity index (χ3v) is 6.16. The van der Waals surface area contributed by atoms with Gasteiger partial charge < -0.3 is 16.0 Å². The SMILES string of the molecule is NC1(C(=O)N2CCC(Cc3cccc(C(=O)NCc4ccncc4)c3)C2)CCC1. The molecule has 1 aliphatic carbocycles. The van der Waals surface area contributed by atoms with Crippen LogP contribution >= 0.6 is 0 Å². The summed E-state index contributed by atoms with van der Waals surface area (Å²) in [5, 5.41) is 2.95. The number of aromatic nitrogens is 1. The van der Waals surface area contributed by atoms with Crippen LogP contribution in [0.1, 0.15) is 47.2 Å². The molecule has 2 fully saturated rings. The molecule has 0 radical (unpaired) electrons. The van der Waals surface area contributed by atoms with Gasteiger partial charge in [-0.25, -0.2) is 0 Å². The highest BCUT2D eigenvalue weighted by atomic mass is 16.2. The molecule has 2 aromatic rings. The van der Waals surface area contributed by atoms with Crippen LogP contribution in [0.15, 0.2) is 48.8 Å². The van der Waals surface area contributed by atoms with E-state index in [1.807, 2.05) is 35.2 Å². The molecule has 4 rings (SSSR count). The second-order valence-electron chi connectivity index (χ2n) is 8.36. The van der Waals surface area contributed by atoms with Gasteiger partial charge in [0.05, 0.1) is 5.54 Å². The van der Waals surface area contributed by atoms with Crippen LogP contribution in [-0.2, 0) is 17.8 Å². The maximum Gasteiger partial charge on any atom is 0.251 e. The van der Waals surface area contributed by atoms with Crippen molar-refractivity contribution in [2.45, 2.75) is 44.2 Å². The van der Waals surface area contributed by atoms with E-state index in [1.54, 1.807) is 12.4 Å². The van der Waals surface area contributed by atoms with Gasteiger partial charge in [-0.1, -0.05) is 12.1 Å². The zero-order valence-electron chi connectivity index (χ0n) is 16.6. The number of nitrogens with two attached hydrogens (primary N) is 1. The van der Waals surface area contributed by atoms with Gasteiger partial charge in [0.2, 0.25) is 5.91 Å². The van der Waals surface area contributed by atoms with Crippen molar-refractivity contribution in [2.75, 3.05) is 13.1 Å². The lowest BCUT2D eigenvalue weighted by molar-refractivity contribution is -0.139. The zero-order valence-corrected chi connectivity index (χ0v) is 16.6. The lowest BCUT2D eigenvalue weighted by atomic mass is 9.76. The number of hydrogen-bond donors (Lipinski definition) is 2. The summed E-state index contributed by atoms with van der Waals surface area (Å²) in [6, 6.07) is 11.6. The van der Waals surface area contributed by atoms with E-state index < -0.39 is 5.54 Å². The van der Waals surface area contributed by atoms with E-state index in [2.05, 4.69) is 16.4 Å². The Kier molecular flexibility index (Phi) is 5.62. The van der Waals surface area contributed by atoms with E-state index in [1.165, 1.54) is 0 Å². The van der Waals surface area contributed by atoms with Crippen LogP contribution in [0, 0.1) is 5.92 Å². The van der Waals surface area contributed by atoms with Gasteiger partial charge in [-0.3, -0.25) is 14.6 Å². The monoisotopic (exact) mass is 392 g/mol. The molecule has 152 valence electrons. The van der Waals surface area contributed by atoms with E-state index in [-0.39, 0.29) is 11.8 Å². The summed E-state index contributed by atoms with van der Waals surface area (Å²) in [7, 11) is 0. The van der Waals surface area contributed by atoms with E-state index in [9.17, 15) is 9.59 Å². The molecule has 3 N–H and O–H groups in total. The molecule has 1 saturated heterocycles. The quantitative estimate of drug-likeness (QED) is 0.789. The summed E-state index contributed by atoms with van der Waals surface area (Å²) in [5.74, 6) is 0.454. The first kappa shape index (κ1) is 19.6. The third-order valence-electron chi connectivity index (χ3n) is 6.16. The van der Waals surface area contributed by atoms with Crippen molar-refractivity contribution < 1.29 is 9.59 Å². The molecule has 0 bridgehead atoms. The highest BCUT2D eigenvalue weighted by Crippen LogP contribution is 2.33. The number of likely N-dealkylation sites (tertiary alicyclic amines) is 1. The lowest BCUT2D eigenvalue weighted by Crippen LogP contribution is -2.59. The molecule has 2 heterocycles. The van der Waals surface area contributed by atoms with Gasteiger partial charge in [-0.05, 0) is 73.4 Å². The fourth-order valence-electron chi connectivity index (χ4n) is 4.23. The molecule has 1 aromatic carbocycles. The van der Waals surface area contributed by atoms with Crippen LogP contribution in [0.2, 0.25) is 0 Å². The normalized spacial score (nSPS) is 20.2. The molecule has 1 saturated carbocycles. The first-order valence-electron chi connectivity index (χ1n) is 10.4. The van der Waals surface area contributed by atoms with Crippen molar-refractivity contribution in [3.63, 3.8) is 0 Å². The fourth-order valence-corrected chi connectivity index (χ4v) is 4.23. The van der Waals surface area contributed by atoms with Gasteiger partial charge >= 0.3 is 0 Å². The second kappa shape index (κ2) is 8.33. The molecule has 2 amide bonds. The van der Waals surface area contributed by atoms with Gasteiger partial charge in [-0.15, -0.1) is 0 Å². The van der Waals surface area contributed by atoms with E-state index in [0.29, 0.717) is 18.0 Å². The molecule has 0 spiro atoms. The summed E-state index contributed by atoms with van der Waals surface area (Å²) in [4.78, 5) is 31.1. The van der Waals surface area contributed by atoms with Crippen molar-refractivity contribution >= 4 is 11.8 Å². The van der Waals surface area contributed by atoms with Crippen LogP contribution in [0.5, 0.6) is 0 Å². The van der Waals surface area contributed by atoms with Gasteiger partial charge in [0, 0.05) is 37.6 Å². The molecular weight excluding hydrogens is 364 g/mol. The first-order valence-corrected chi connectivity index (χ1v) is 10.4. The van der Waals surface area contributed by atoms with E-state index >= 15 is 0 Å². The van der Waals surface area contributed by atoms with Gasteiger partial charge in [0.1, 0.15) is 0 Å². The Labute approximate surface area is 171 Å². The maximum absolute atomic E-state index is 12.6. The number of amides is 2. The molecule has 1 aromatic heterocycles. The minimum Gasteiger partial charge on any atom is -0.348 e. The lowest BCUT2D eigenvalue weighted by Gasteiger charge is -2.39. The van der Waals surface area contributed by atoms with Gasteiger partial charge in [0.25, 0.3) is 5.91 Å². The smallest absolute Gasteiger partial charge is 0.251 e. The van der Waals surface area contributed by atoms with Crippen LogP contribution in [0.4, 0.5) is 0 Å². The van der Waals surface area contributed by atoms with Crippen molar-refractivity contribution in [1.29, 1.82) is 0 Å². The highest BCUT2D eigenvalue weighted by molar-refractivity contribution is 5.94. The molecule has 1 atom stereocenters. The van der Waals surface area contributed by atoms with Gasteiger partial charge in [-0.2, -0.15) is 0 Å². The minimum atomic E-state index is -0.609. The van der Waals surface area contributed by atoms with Crippen LogP contribution in [-0.4, -0.2) is 40.3 Å². The largest absolute Gasteiger partial charge is 0.348 e. The molecule has 1 unspecified atom stereocenters. The van der Waals surface area contributed by atoms with Crippen LogP contribution in [0.3, 0.4) is 0 Å². The van der Waals surface area contributed by atoms with Crippen molar-refractivity contribution in [3.8, 4) is 0 Å². The van der Waals surface area contributed by atoms with Crippen molar-refractivity contribution in [3.05, 3.63) is 65.5 Å². The fraction of sp³-hybridized carbons (Fsp3) is 0.435. The Morgan fingerprint density at radius 1 is 1.17 bits per heavy atom. The Morgan fingerprint density at radius 3 is 2.69 bits per heavy atom. The Morgan fingerprint density at radius 2 is 1.97 bits per heavy atom. The Hall–Kier alpha value is -2.73. The molecule has 29 heavy (non-hydrogen) atoms. The number of nitrogens with one attached hydrogen (secondary N) is 1. The zero-order chi connectivity index (χ0) is 20.3. The summed E-state index contributed by atoms with van der Waals surface area (Å²) < 4.78 is 0. The third kappa shape index (κ3) is 4.48. The number of carbonyl (C=O) groups is 2. The predicted octanol–water partition coefficient (Wildman–Crippen LogP) is 2.28. The number of benzene rings is 1. The maximum atomic E-state index is 12.6. The van der Waals surface area contributed by atoms with E-state index in [0.717, 1.165) is 56.3 Å². The number of hydrogen-bond acceptors (Lipinski definition) is 4. The average molecular weight is 393 g/mol. The van der Waals surface area contributed by atoms with Crippen LogP contribution in [0.25, 0.3) is 0 Å². The standard InChI is InChI=1S/C23H28N4O2/c24-23(8-2-9-23)22(29)27-12-7-19(16-27)13-18-3-1-4-20(14-18)21(28)26-15-17-5-10-25-11-6-17/h1,3-6,10-11,14,19H,2,7-9,12-13,15-16,24H2,(H,26,28). The Balaban J connectivity index is 1.32. The summed E-state index contributed by atoms with van der Waals surface area (Å²) in [6.07, 6.45) is 7.96. The Bertz CT molecular complexity index is 879. The van der Waals surface area contributed by atoms with Crippen molar-refractivity contribution in [2.24, 2.45) is 11.7 Å².